The van der Waals surface area contributed by atoms with E-state index < -0.39 is 27.6 Å². The van der Waals surface area contributed by atoms with E-state index in [2.05, 4.69) is 10.4 Å². The number of sulfonamides is 1. The summed E-state index contributed by atoms with van der Waals surface area (Å²) in [5.41, 5.74) is 1.18. The minimum Gasteiger partial charge on any atom is -0.292 e. The Kier molecular flexibility index (Phi) is 4.33. The van der Waals surface area contributed by atoms with Crippen molar-refractivity contribution in [2.75, 3.05) is 5.43 Å². The van der Waals surface area contributed by atoms with Crippen molar-refractivity contribution >= 4 is 15.8 Å². The molecule has 5 nitrogen and oxygen atoms in total. The first-order valence-electron chi connectivity index (χ1n) is 5.75. The average Bonchev–Trinajstić information content (AvgIpc) is 2.45. The van der Waals surface area contributed by atoms with Crippen molar-refractivity contribution in [3.05, 3.63) is 54.0 Å². The fraction of sp³-hybridized carbons (Fsp3) is 0.0833. The van der Waals surface area contributed by atoms with E-state index in [9.17, 15) is 26.0 Å². The quantitative estimate of drug-likeness (QED) is 0.665. The second-order valence-corrected chi connectivity index (χ2v) is 5.80. The first kappa shape index (κ1) is 16.2. The number of nitrogens with zero attached hydrogens (tertiary/aromatic N) is 1. The van der Waals surface area contributed by atoms with Crippen LogP contribution in [-0.4, -0.2) is 13.4 Å². The lowest BCUT2D eigenvalue weighted by Gasteiger charge is -2.10. The molecule has 22 heavy (non-hydrogen) atoms. The largest absolute Gasteiger partial charge is 0.417 e. The van der Waals surface area contributed by atoms with Gasteiger partial charge in [0.25, 0.3) is 10.0 Å². The maximum absolute atomic E-state index is 13.0. The second-order valence-electron chi connectivity index (χ2n) is 4.12. The van der Waals surface area contributed by atoms with Crippen LogP contribution in [0.25, 0.3) is 0 Å². The molecule has 0 saturated carbocycles. The number of aromatic nitrogens is 1. The van der Waals surface area contributed by atoms with Crippen LogP contribution >= 0.6 is 0 Å². The molecule has 10 heteroatoms. The lowest BCUT2D eigenvalue weighted by molar-refractivity contribution is -0.137. The van der Waals surface area contributed by atoms with Gasteiger partial charge in [0, 0.05) is 6.20 Å². The van der Waals surface area contributed by atoms with Gasteiger partial charge in [0.15, 0.2) is 0 Å². The van der Waals surface area contributed by atoms with Crippen molar-refractivity contribution in [2.24, 2.45) is 0 Å². The number of halogens is 4. The van der Waals surface area contributed by atoms with Crippen LogP contribution in [0, 0.1) is 5.82 Å². The van der Waals surface area contributed by atoms with Crippen LogP contribution < -0.4 is 10.3 Å². The normalized spacial score (nSPS) is 12.2. The molecule has 1 heterocycles. The first-order valence-corrected chi connectivity index (χ1v) is 7.23. The summed E-state index contributed by atoms with van der Waals surface area (Å²) in [6, 6.07) is 5.93. The smallest absolute Gasteiger partial charge is 0.292 e. The van der Waals surface area contributed by atoms with E-state index in [1.807, 2.05) is 4.83 Å². The zero-order chi connectivity index (χ0) is 16.4. The predicted octanol–water partition coefficient (Wildman–Crippen LogP) is 2.54. The highest BCUT2D eigenvalue weighted by Crippen LogP contribution is 2.28. The molecule has 0 bridgehead atoms. The molecular formula is C12H9F4N3O2S. The number of hydrogen-bond donors (Lipinski definition) is 2. The Morgan fingerprint density at radius 3 is 2.36 bits per heavy atom. The van der Waals surface area contributed by atoms with Crippen LogP contribution in [0.15, 0.2) is 47.5 Å². The minimum atomic E-state index is -4.54. The van der Waals surface area contributed by atoms with Crippen LogP contribution in [0.3, 0.4) is 0 Å². The number of hydrogen-bond acceptors (Lipinski definition) is 4. The Balaban J connectivity index is 2.09. The number of benzene rings is 1. The fourth-order valence-electron chi connectivity index (χ4n) is 1.45. The third kappa shape index (κ3) is 3.92. The molecule has 0 amide bonds. The molecule has 0 atom stereocenters. The van der Waals surface area contributed by atoms with Gasteiger partial charge in [-0.2, -0.15) is 13.2 Å². The number of rotatable bonds is 4. The van der Waals surface area contributed by atoms with E-state index in [0.29, 0.717) is 6.20 Å². The van der Waals surface area contributed by atoms with Crippen molar-refractivity contribution in [2.45, 2.75) is 11.1 Å². The van der Waals surface area contributed by atoms with E-state index in [4.69, 9.17) is 0 Å². The SMILES string of the molecule is O=S(=O)(NNc1ccc(C(F)(F)F)cn1)c1cccc(F)c1. The van der Waals surface area contributed by atoms with Gasteiger partial charge in [-0.3, -0.25) is 5.43 Å². The summed E-state index contributed by atoms with van der Waals surface area (Å²) in [5, 5.41) is 0. The van der Waals surface area contributed by atoms with Crippen LogP contribution in [0.5, 0.6) is 0 Å². The minimum absolute atomic E-state index is 0.145. The number of anilines is 1. The average molecular weight is 335 g/mol. The standard InChI is InChI=1S/C12H9F4N3O2S/c13-9-2-1-3-10(6-9)22(20,21)19-18-11-5-4-8(7-17-11)12(14,15)16/h1-7,19H,(H,17,18). The van der Waals surface area contributed by atoms with Gasteiger partial charge in [-0.25, -0.2) is 17.8 Å². The Morgan fingerprint density at radius 1 is 1.09 bits per heavy atom. The van der Waals surface area contributed by atoms with E-state index in [1.165, 1.54) is 6.07 Å². The number of pyridine rings is 1. The van der Waals surface area contributed by atoms with Crippen molar-refractivity contribution in [1.82, 2.24) is 9.82 Å². The predicted molar refractivity (Wildman–Crippen MR) is 69.6 cm³/mol. The Bertz CT molecular complexity index is 761. The van der Waals surface area contributed by atoms with Crippen LogP contribution in [0.4, 0.5) is 23.4 Å². The number of alkyl halides is 3. The molecule has 0 aliphatic carbocycles. The topological polar surface area (TPSA) is 71.1 Å². The zero-order valence-electron chi connectivity index (χ0n) is 10.7. The van der Waals surface area contributed by atoms with Gasteiger partial charge in [-0.1, -0.05) is 6.07 Å². The van der Waals surface area contributed by atoms with Gasteiger partial charge in [0.05, 0.1) is 10.5 Å². The summed E-state index contributed by atoms with van der Waals surface area (Å²) in [5.74, 6) is -0.886. The van der Waals surface area contributed by atoms with Crippen molar-refractivity contribution < 1.29 is 26.0 Å². The molecule has 0 aliphatic rings. The Hall–Kier alpha value is -2.20. The first-order chi connectivity index (χ1) is 10.2. The van der Waals surface area contributed by atoms with E-state index in [1.54, 1.807) is 0 Å². The van der Waals surface area contributed by atoms with E-state index in [-0.39, 0.29) is 10.7 Å². The van der Waals surface area contributed by atoms with E-state index >= 15 is 0 Å². The molecule has 2 rings (SSSR count). The summed E-state index contributed by atoms with van der Waals surface area (Å²) < 4.78 is 73.7. The van der Waals surface area contributed by atoms with Crippen LogP contribution in [0.1, 0.15) is 5.56 Å². The zero-order valence-corrected chi connectivity index (χ0v) is 11.5. The molecular weight excluding hydrogens is 326 g/mol. The summed E-state index contributed by atoms with van der Waals surface area (Å²) >= 11 is 0. The molecule has 0 radical (unpaired) electrons. The van der Waals surface area contributed by atoms with Crippen LogP contribution in [-0.2, 0) is 16.2 Å². The Morgan fingerprint density at radius 2 is 1.82 bits per heavy atom. The van der Waals surface area contributed by atoms with Gasteiger partial charge in [-0.15, -0.1) is 4.83 Å². The molecule has 0 fully saturated rings. The molecule has 0 unspecified atom stereocenters. The molecule has 0 saturated heterocycles. The highest BCUT2D eigenvalue weighted by Gasteiger charge is 2.30. The lowest BCUT2D eigenvalue weighted by Crippen LogP contribution is -2.30. The summed E-state index contributed by atoms with van der Waals surface area (Å²) in [4.78, 5) is 4.98. The highest BCUT2D eigenvalue weighted by atomic mass is 32.2. The number of nitrogens with one attached hydrogen (secondary N) is 2. The molecule has 2 aromatic rings. The lowest BCUT2D eigenvalue weighted by atomic mass is 10.3. The van der Waals surface area contributed by atoms with Gasteiger partial charge in [0.1, 0.15) is 11.6 Å². The third-order valence-electron chi connectivity index (χ3n) is 2.51. The van der Waals surface area contributed by atoms with Gasteiger partial charge >= 0.3 is 6.18 Å². The summed E-state index contributed by atoms with van der Waals surface area (Å²) in [6.07, 6.45) is -3.98. The molecule has 2 N–H and O–H groups in total. The van der Waals surface area contributed by atoms with Crippen molar-refractivity contribution in [3.63, 3.8) is 0 Å². The van der Waals surface area contributed by atoms with Crippen LogP contribution in [0.2, 0.25) is 0 Å². The highest BCUT2D eigenvalue weighted by molar-refractivity contribution is 7.89. The molecule has 0 aliphatic heterocycles. The molecule has 1 aromatic heterocycles. The molecule has 1 aromatic carbocycles. The maximum atomic E-state index is 13.0. The molecule has 118 valence electrons. The Labute approximate surface area is 123 Å². The molecule has 0 spiro atoms. The van der Waals surface area contributed by atoms with Gasteiger partial charge in [-0.05, 0) is 30.3 Å². The fourth-order valence-corrected chi connectivity index (χ4v) is 2.33. The van der Waals surface area contributed by atoms with Gasteiger partial charge < -0.3 is 0 Å². The van der Waals surface area contributed by atoms with Crippen molar-refractivity contribution in [3.8, 4) is 0 Å². The second kappa shape index (κ2) is 5.89. The monoisotopic (exact) mass is 335 g/mol. The van der Waals surface area contributed by atoms with Crippen molar-refractivity contribution in [1.29, 1.82) is 0 Å². The van der Waals surface area contributed by atoms with Gasteiger partial charge in [0.2, 0.25) is 0 Å². The number of hydrazine groups is 1. The van der Waals surface area contributed by atoms with E-state index in [0.717, 1.165) is 30.3 Å². The maximum Gasteiger partial charge on any atom is 0.417 e. The third-order valence-corrected chi connectivity index (χ3v) is 3.76. The summed E-state index contributed by atoms with van der Waals surface area (Å²) in [7, 11) is -4.08. The summed E-state index contributed by atoms with van der Waals surface area (Å²) in [6.45, 7) is 0.